The molecule has 0 atom stereocenters. The molecule has 0 saturated heterocycles. The van der Waals surface area contributed by atoms with Gasteiger partial charge in [-0.05, 0) is 36.4 Å². The number of hydrogen-bond donors (Lipinski definition) is 1. The molecule has 2 rings (SSSR count). The Bertz CT molecular complexity index is 781. The normalized spacial score (nSPS) is 11.2. The summed E-state index contributed by atoms with van der Waals surface area (Å²) in [6, 6.07) is 7.48. The fourth-order valence-electron chi connectivity index (χ4n) is 1.63. The smallest absolute Gasteiger partial charge is 0.265 e. The van der Waals surface area contributed by atoms with Crippen molar-refractivity contribution in [3.05, 3.63) is 52.3 Å². The molecule has 1 N–H and O–H groups in total. The van der Waals surface area contributed by atoms with Crippen LogP contribution in [0.5, 0.6) is 5.75 Å². The van der Waals surface area contributed by atoms with Crippen molar-refractivity contribution in [3.63, 3.8) is 0 Å². The number of methoxy groups -OCH3 is 1. The molecule has 2 aromatic rings. The summed E-state index contributed by atoms with van der Waals surface area (Å²) in [5.41, 5.74) is 0.132. The molecule has 0 aliphatic carbocycles. The van der Waals surface area contributed by atoms with E-state index in [1.807, 2.05) is 0 Å². The summed E-state index contributed by atoms with van der Waals surface area (Å²) in [6.45, 7) is 0. The van der Waals surface area contributed by atoms with Gasteiger partial charge in [-0.3, -0.25) is 4.72 Å². The molecule has 8 heteroatoms. The first-order valence-corrected chi connectivity index (χ1v) is 7.89. The van der Waals surface area contributed by atoms with E-state index in [2.05, 4.69) is 4.72 Å². The van der Waals surface area contributed by atoms with Crippen molar-refractivity contribution in [2.75, 3.05) is 11.8 Å². The largest absolute Gasteiger partial charge is 0.495 e. The number of nitrogens with one attached hydrogen (secondary N) is 1. The third kappa shape index (κ3) is 3.58. The van der Waals surface area contributed by atoms with Crippen molar-refractivity contribution in [3.8, 4) is 5.75 Å². The summed E-state index contributed by atoms with van der Waals surface area (Å²) in [5, 5.41) is 0.493. The lowest BCUT2D eigenvalue weighted by Gasteiger charge is -2.12. The molecule has 0 heterocycles. The lowest BCUT2D eigenvalue weighted by Crippen LogP contribution is -2.14. The van der Waals surface area contributed by atoms with Gasteiger partial charge in [0.2, 0.25) is 0 Å². The van der Waals surface area contributed by atoms with Crippen molar-refractivity contribution in [1.82, 2.24) is 0 Å². The maximum Gasteiger partial charge on any atom is 0.265 e. The summed E-state index contributed by atoms with van der Waals surface area (Å²) in [5.74, 6) is -0.674. The van der Waals surface area contributed by atoms with Crippen LogP contribution in [-0.2, 0) is 10.0 Å². The molecule has 0 amide bonds. The minimum absolute atomic E-state index is 0.0222. The van der Waals surface area contributed by atoms with E-state index in [0.29, 0.717) is 5.02 Å². The topological polar surface area (TPSA) is 55.4 Å². The minimum Gasteiger partial charge on any atom is -0.495 e. The van der Waals surface area contributed by atoms with Gasteiger partial charge in [0.25, 0.3) is 10.0 Å². The fourth-order valence-corrected chi connectivity index (χ4v) is 3.41. The van der Waals surface area contributed by atoms with E-state index in [1.54, 1.807) is 0 Å². The molecule has 112 valence electrons. The van der Waals surface area contributed by atoms with Gasteiger partial charge in [0.05, 0.1) is 17.8 Å². The maximum absolute atomic E-state index is 13.3. The molecule has 0 spiro atoms. The van der Waals surface area contributed by atoms with Gasteiger partial charge in [-0.15, -0.1) is 0 Å². The third-order valence-corrected chi connectivity index (χ3v) is 4.53. The summed E-state index contributed by atoms with van der Waals surface area (Å²) >= 11 is 11.7. The predicted molar refractivity (Wildman–Crippen MR) is 80.2 cm³/mol. The Morgan fingerprint density at radius 2 is 1.86 bits per heavy atom. The zero-order valence-electron chi connectivity index (χ0n) is 10.7. The van der Waals surface area contributed by atoms with Crippen LogP contribution in [0.3, 0.4) is 0 Å². The molecular weight excluding hydrogens is 340 g/mol. The zero-order valence-corrected chi connectivity index (χ0v) is 13.1. The van der Waals surface area contributed by atoms with Gasteiger partial charge >= 0.3 is 0 Å². The van der Waals surface area contributed by atoms with Gasteiger partial charge in [-0.1, -0.05) is 23.2 Å². The fraction of sp³-hybridized carbons (Fsp3) is 0.0769. The van der Waals surface area contributed by atoms with E-state index in [9.17, 15) is 12.8 Å². The quantitative estimate of drug-likeness (QED) is 0.909. The van der Waals surface area contributed by atoms with Crippen molar-refractivity contribution < 1.29 is 17.5 Å². The van der Waals surface area contributed by atoms with Gasteiger partial charge in [0.15, 0.2) is 0 Å². The average molecular weight is 350 g/mol. The summed E-state index contributed by atoms with van der Waals surface area (Å²) in [4.78, 5) is -0.323. The second kappa shape index (κ2) is 6.09. The third-order valence-electron chi connectivity index (χ3n) is 2.59. The van der Waals surface area contributed by atoms with Crippen molar-refractivity contribution in [2.24, 2.45) is 0 Å². The van der Waals surface area contributed by atoms with Gasteiger partial charge in [0, 0.05) is 5.02 Å². The van der Waals surface area contributed by atoms with Crippen molar-refractivity contribution in [1.29, 1.82) is 0 Å². The number of anilines is 1. The molecule has 0 unspecified atom stereocenters. The van der Waals surface area contributed by atoms with E-state index in [-0.39, 0.29) is 21.4 Å². The summed E-state index contributed by atoms with van der Waals surface area (Å²) in [7, 11) is -2.76. The van der Waals surface area contributed by atoms with E-state index in [0.717, 1.165) is 12.1 Å². The van der Waals surface area contributed by atoms with Crippen LogP contribution < -0.4 is 9.46 Å². The van der Waals surface area contributed by atoms with Crippen LogP contribution in [-0.4, -0.2) is 15.5 Å². The van der Waals surface area contributed by atoms with Gasteiger partial charge in [-0.2, -0.15) is 0 Å². The average Bonchev–Trinajstić information content (AvgIpc) is 2.42. The first-order chi connectivity index (χ1) is 9.83. The summed E-state index contributed by atoms with van der Waals surface area (Å²) < 4.78 is 45.1. The molecule has 21 heavy (non-hydrogen) atoms. The Balaban J connectivity index is 2.45. The molecule has 0 aliphatic heterocycles. The van der Waals surface area contributed by atoms with E-state index >= 15 is 0 Å². The highest BCUT2D eigenvalue weighted by Gasteiger charge is 2.21. The second-order valence-electron chi connectivity index (χ2n) is 4.02. The molecule has 4 nitrogen and oxygen atoms in total. The Kier molecular flexibility index (Phi) is 4.61. The highest BCUT2D eigenvalue weighted by molar-refractivity contribution is 7.92. The molecule has 0 bridgehead atoms. The Hall–Kier alpha value is -1.50. The predicted octanol–water partition coefficient (Wildman–Crippen LogP) is 3.94. The molecule has 0 aliphatic rings. The van der Waals surface area contributed by atoms with Crippen LogP contribution in [0, 0.1) is 5.82 Å². The molecule has 0 aromatic heterocycles. The zero-order chi connectivity index (χ0) is 15.6. The second-order valence-corrected chi connectivity index (χ2v) is 6.52. The van der Waals surface area contributed by atoms with E-state index in [4.69, 9.17) is 27.9 Å². The Labute approximate surface area is 131 Å². The number of rotatable bonds is 4. The maximum atomic E-state index is 13.3. The first kappa shape index (κ1) is 15.9. The van der Waals surface area contributed by atoms with Crippen LogP contribution in [0.25, 0.3) is 0 Å². The van der Waals surface area contributed by atoms with Gasteiger partial charge in [-0.25, -0.2) is 12.8 Å². The van der Waals surface area contributed by atoms with Crippen LogP contribution in [0.1, 0.15) is 0 Å². The number of hydrogen-bond acceptors (Lipinski definition) is 3. The Morgan fingerprint density at radius 1 is 1.14 bits per heavy atom. The lowest BCUT2D eigenvalue weighted by atomic mass is 10.3. The molecule has 2 aromatic carbocycles. The monoisotopic (exact) mass is 349 g/mol. The van der Waals surface area contributed by atoms with Crippen LogP contribution in [0.4, 0.5) is 10.1 Å². The highest BCUT2D eigenvalue weighted by Crippen LogP contribution is 2.30. The number of benzene rings is 2. The highest BCUT2D eigenvalue weighted by atomic mass is 35.5. The van der Waals surface area contributed by atoms with Crippen LogP contribution in [0.2, 0.25) is 10.0 Å². The van der Waals surface area contributed by atoms with Crippen LogP contribution >= 0.6 is 23.2 Å². The minimum atomic E-state index is -4.06. The number of ether oxygens (including phenoxy) is 1. The van der Waals surface area contributed by atoms with Crippen molar-refractivity contribution >= 4 is 38.9 Å². The molecule has 0 fully saturated rings. The van der Waals surface area contributed by atoms with Crippen molar-refractivity contribution in [2.45, 2.75) is 4.90 Å². The standard InChI is InChI=1S/C13H10Cl2FNO3S/c1-20-12-5-3-9(16)7-13(12)21(18,19)17-11-4-2-8(14)6-10(11)15/h2-7,17H,1H3. The molecule has 0 saturated carbocycles. The molecular formula is C13H10Cl2FNO3S. The van der Waals surface area contributed by atoms with E-state index in [1.165, 1.54) is 31.4 Å². The lowest BCUT2D eigenvalue weighted by molar-refractivity contribution is 0.401. The number of sulfonamides is 1. The van der Waals surface area contributed by atoms with Gasteiger partial charge < -0.3 is 4.74 Å². The van der Waals surface area contributed by atoms with Gasteiger partial charge in [0.1, 0.15) is 16.5 Å². The van der Waals surface area contributed by atoms with E-state index < -0.39 is 15.8 Å². The summed E-state index contributed by atoms with van der Waals surface area (Å²) in [6.07, 6.45) is 0. The Morgan fingerprint density at radius 3 is 2.48 bits per heavy atom. The van der Waals surface area contributed by atoms with Crippen LogP contribution in [0.15, 0.2) is 41.3 Å². The number of halogens is 3. The first-order valence-electron chi connectivity index (χ1n) is 5.65. The molecule has 0 radical (unpaired) electrons. The SMILES string of the molecule is COc1ccc(F)cc1S(=O)(=O)Nc1ccc(Cl)cc1Cl.